The van der Waals surface area contributed by atoms with Gasteiger partial charge in [-0.3, -0.25) is 9.59 Å². The van der Waals surface area contributed by atoms with E-state index in [1.165, 1.54) is 0 Å². The average Bonchev–Trinajstić information content (AvgIpc) is 2.86. The van der Waals surface area contributed by atoms with Gasteiger partial charge < -0.3 is 10.1 Å². The van der Waals surface area contributed by atoms with Crippen LogP contribution in [0.2, 0.25) is 10.0 Å². The van der Waals surface area contributed by atoms with Crippen molar-refractivity contribution in [2.75, 3.05) is 6.54 Å². The van der Waals surface area contributed by atoms with Crippen molar-refractivity contribution in [3.63, 3.8) is 0 Å². The van der Waals surface area contributed by atoms with Gasteiger partial charge in [-0.15, -0.1) is 0 Å². The molecule has 0 aromatic heterocycles. The summed E-state index contributed by atoms with van der Waals surface area (Å²) in [7, 11) is 0. The number of Topliss-reactive ketones (excluding diaryl/α,β-unsaturated/α-hetero) is 2. The molecule has 4 rings (SSSR count). The summed E-state index contributed by atoms with van der Waals surface area (Å²) >= 11 is 18.4. The van der Waals surface area contributed by atoms with E-state index in [0.717, 1.165) is 16.7 Å². The Hall–Kier alpha value is -1.95. The highest BCUT2D eigenvalue weighted by atomic mass is 35.5. The molecule has 0 bridgehead atoms. The van der Waals surface area contributed by atoms with Gasteiger partial charge in [-0.1, -0.05) is 62.3 Å². The van der Waals surface area contributed by atoms with Crippen molar-refractivity contribution in [3.8, 4) is 5.75 Å². The van der Waals surface area contributed by atoms with Gasteiger partial charge in [0.1, 0.15) is 11.5 Å². The number of benzene rings is 2. The van der Waals surface area contributed by atoms with Gasteiger partial charge in [-0.25, -0.2) is 0 Å². The molecule has 1 aliphatic carbocycles. The molecule has 2 aromatic carbocycles. The zero-order valence-electron chi connectivity index (χ0n) is 20.4. The minimum Gasteiger partial charge on any atom is -0.479 e. The van der Waals surface area contributed by atoms with Crippen LogP contribution in [0.5, 0.6) is 5.75 Å². The fraction of sp³-hybridized carbons (Fsp3) is 0.464. The molecule has 1 saturated heterocycles. The van der Waals surface area contributed by atoms with E-state index >= 15 is 0 Å². The van der Waals surface area contributed by atoms with Crippen LogP contribution in [0, 0.1) is 0 Å². The number of piperidine rings is 1. The zero-order chi connectivity index (χ0) is 25.4. The number of carbonyl (C=O) groups excluding carboxylic acids is 2. The van der Waals surface area contributed by atoms with Crippen LogP contribution in [0.1, 0.15) is 75.5 Å². The summed E-state index contributed by atoms with van der Waals surface area (Å²) in [6, 6.07) is 11.3. The molecule has 2 aliphatic rings. The first-order valence-corrected chi connectivity index (χ1v) is 13.5. The number of thiocarbonyl (C=S) groups is 1. The largest absolute Gasteiger partial charge is 0.479 e. The molecular weight excluding hydrogens is 501 g/mol. The summed E-state index contributed by atoms with van der Waals surface area (Å²) in [6.07, 6.45) is 3.05. The number of hydrogen-bond donors (Lipinski definition) is 1. The smallest absolute Gasteiger partial charge is 0.176 e. The van der Waals surface area contributed by atoms with Crippen LogP contribution >= 0.6 is 35.4 Å². The molecule has 2 unspecified atom stereocenters. The van der Waals surface area contributed by atoms with Gasteiger partial charge in [0.25, 0.3) is 0 Å². The van der Waals surface area contributed by atoms with E-state index in [1.54, 1.807) is 6.07 Å². The third-order valence-corrected chi connectivity index (χ3v) is 8.62. The van der Waals surface area contributed by atoms with Crippen LogP contribution in [0.15, 0.2) is 36.4 Å². The molecule has 7 heteroatoms. The third-order valence-electron chi connectivity index (χ3n) is 7.84. The highest BCUT2D eigenvalue weighted by Gasteiger charge is 2.53. The summed E-state index contributed by atoms with van der Waals surface area (Å²) in [5.74, 6) is 0.525. The van der Waals surface area contributed by atoms with Crippen molar-refractivity contribution in [1.82, 2.24) is 5.32 Å². The second-order valence-electron chi connectivity index (χ2n) is 9.49. The van der Waals surface area contributed by atoms with Gasteiger partial charge in [-0.05, 0) is 60.7 Å². The predicted molar refractivity (Wildman–Crippen MR) is 145 cm³/mol. The van der Waals surface area contributed by atoms with E-state index in [9.17, 15) is 9.59 Å². The van der Waals surface area contributed by atoms with E-state index in [4.69, 9.17) is 40.2 Å². The Morgan fingerprint density at radius 1 is 1.11 bits per heavy atom. The molecule has 1 fully saturated rings. The average molecular weight is 533 g/mol. The number of ketones is 2. The molecule has 1 N–H and O–H groups in total. The second kappa shape index (κ2) is 10.2. The second-order valence-corrected chi connectivity index (χ2v) is 10.9. The van der Waals surface area contributed by atoms with Crippen LogP contribution in [-0.4, -0.2) is 28.7 Å². The van der Waals surface area contributed by atoms with E-state index in [1.807, 2.05) is 51.1 Å². The fourth-order valence-corrected chi connectivity index (χ4v) is 6.45. The first kappa shape index (κ1) is 26.1. The number of carbonyl (C=O) groups is 2. The van der Waals surface area contributed by atoms with Crippen molar-refractivity contribution in [1.29, 1.82) is 0 Å². The van der Waals surface area contributed by atoms with Gasteiger partial charge in [0.05, 0.1) is 10.4 Å². The van der Waals surface area contributed by atoms with Crippen molar-refractivity contribution in [2.45, 2.75) is 76.2 Å². The minimum absolute atomic E-state index is 0.0627. The highest BCUT2D eigenvalue weighted by molar-refractivity contribution is 7.80. The first-order chi connectivity index (χ1) is 16.7. The summed E-state index contributed by atoms with van der Waals surface area (Å²) in [6.45, 7) is 6.20. The van der Waals surface area contributed by atoms with Crippen molar-refractivity contribution < 1.29 is 14.3 Å². The lowest BCUT2D eigenvalue weighted by molar-refractivity contribution is -0.135. The summed E-state index contributed by atoms with van der Waals surface area (Å²) in [5.41, 5.74) is 1.11. The summed E-state index contributed by atoms with van der Waals surface area (Å²) in [5, 5.41) is 4.52. The van der Waals surface area contributed by atoms with Gasteiger partial charge in [0, 0.05) is 47.3 Å². The summed E-state index contributed by atoms with van der Waals surface area (Å²) in [4.78, 5) is 27.5. The van der Waals surface area contributed by atoms with E-state index in [-0.39, 0.29) is 17.5 Å². The Morgan fingerprint density at radius 3 is 2.49 bits per heavy atom. The zero-order valence-corrected chi connectivity index (χ0v) is 22.7. The van der Waals surface area contributed by atoms with Crippen LogP contribution < -0.4 is 10.1 Å². The molecule has 35 heavy (non-hydrogen) atoms. The quantitative estimate of drug-likeness (QED) is 0.399. The minimum atomic E-state index is -0.931. The van der Waals surface area contributed by atoms with Gasteiger partial charge >= 0.3 is 0 Å². The van der Waals surface area contributed by atoms with Gasteiger partial charge in [0.2, 0.25) is 0 Å². The van der Waals surface area contributed by atoms with E-state index in [0.29, 0.717) is 65.9 Å². The Morgan fingerprint density at radius 2 is 1.80 bits per heavy atom. The van der Waals surface area contributed by atoms with Crippen molar-refractivity contribution >= 4 is 52.0 Å². The fourth-order valence-electron chi connectivity index (χ4n) is 5.83. The van der Waals surface area contributed by atoms with Crippen LogP contribution in [-0.2, 0) is 21.4 Å². The topological polar surface area (TPSA) is 55.4 Å². The molecule has 2 aromatic rings. The molecule has 4 nitrogen and oxygen atoms in total. The molecule has 0 amide bonds. The van der Waals surface area contributed by atoms with Gasteiger partial charge in [0.15, 0.2) is 11.4 Å². The van der Waals surface area contributed by atoms with E-state index in [2.05, 4.69) is 5.32 Å². The molecule has 1 aliphatic heterocycles. The Kier molecular flexibility index (Phi) is 7.61. The lowest BCUT2D eigenvalue weighted by Crippen LogP contribution is -2.57. The Bertz CT molecular complexity index is 1180. The lowest BCUT2D eigenvalue weighted by atomic mass is 9.58. The van der Waals surface area contributed by atoms with Crippen molar-refractivity contribution in [2.24, 2.45) is 0 Å². The van der Waals surface area contributed by atoms with Crippen LogP contribution in [0.3, 0.4) is 0 Å². The standard InChI is InChI=1S/C28H31Cl2NO3S/c1-4-24(32)27(5-2,6-3)34-23-11-9-19(30)14-20(23)22-15-26(35)31-16-28(22)21-10-8-18(29)13-17(21)7-12-25(28)33/h8-11,13-14,22H,4-7,12,15-16H2,1-3H3,(H,31,35). The Balaban J connectivity index is 1.92. The number of ether oxygens (including phenoxy) is 1. The molecule has 186 valence electrons. The highest BCUT2D eigenvalue weighted by Crippen LogP contribution is 2.51. The molecule has 0 radical (unpaired) electrons. The maximum Gasteiger partial charge on any atom is 0.176 e. The first-order valence-electron chi connectivity index (χ1n) is 12.3. The number of aryl methyl sites for hydroxylation is 1. The number of nitrogens with one attached hydrogen (secondary N) is 1. The molecule has 1 spiro atoms. The predicted octanol–water partition coefficient (Wildman–Crippen LogP) is 6.77. The third kappa shape index (κ3) is 4.52. The number of hydrogen-bond acceptors (Lipinski definition) is 4. The van der Waals surface area contributed by atoms with Crippen molar-refractivity contribution in [3.05, 3.63) is 63.1 Å². The lowest BCUT2D eigenvalue weighted by Gasteiger charge is -2.48. The van der Waals surface area contributed by atoms with E-state index < -0.39 is 11.0 Å². The Labute approximate surface area is 222 Å². The number of halogens is 2. The SMILES string of the molecule is CCC(=O)C(CC)(CC)Oc1ccc(Cl)cc1C1CC(=S)NCC12C(=O)CCc1cc(Cl)ccc12. The molecule has 1 heterocycles. The molecule has 0 saturated carbocycles. The molecule has 2 atom stereocenters. The maximum atomic E-state index is 13.8. The van der Waals surface area contributed by atoms with Crippen LogP contribution in [0.4, 0.5) is 0 Å². The number of rotatable bonds is 7. The summed E-state index contributed by atoms with van der Waals surface area (Å²) < 4.78 is 6.60. The maximum absolute atomic E-state index is 13.8. The monoisotopic (exact) mass is 531 g/mol. The van der Waals surface area contributed by atoms with Gasteiger partial charge in [-0.2, -0.15) is 0 Å². The normalized spacial score (nSPS) is 22.0. The van der Waals surface area contributed by atoms with Crippen LogP contribution in [0.25, 0.3) is 0 Å². The molecular formula is C28H31Cl2NO3S. The number of fused-ring (bicyclic) bond motifs is 2.